The van der Waals surface area contributed by atoms with Crippen molar-refractivity contribution in [1.29, 1.82) is 0 Å². The van der Waals surface area contributed by atoms with E-state index in [4.69, 9.17) is 0 Å². The Hall–Kier alpha value is -3.55. The summed E-state index contributed by atoms with van der Waals surface area (Å²) in [6, 6.07) is 16.2. The van der Waals surface area contributed by atoms with Crippen LogP contribution in [-0.2, 0) is 11.0 Å². The zero-order valence-electron chi connectivity index (χ0n) is 14.3. The van der Waals surface area contributed by atoms with Gasteiger partial charge in [0.05, 0.1) is 11.7 Å². The Balaban J connectivity index is 2.14. The molecule has 0 aliphatic heterocycles. The molecule has 0 aliphatic carbocycles. The molecule has 0 amide bonds. The Morgan fingerprint density at radius 1 is 0.929 bits per heavy atom. The monoisotopic (exact) mass is 384 g/mol. The van der Waals surface area contributed by atoms with Crippen LogP contribution in [0.5, 0.6) is 0 Å². The standard InChI is InChI=1S/C20H14F3N3O2/c21-20(22,23)15-11-12-24-18(25-15)17(19(27)28)26-16(13-7-3-1-4-8-13)14-9-5-2-6-10-14/h1-12,17H,(H,27,28)/p-1. The molecule has 0 spiro atoms. The molecule has 0 aliphatic rings. The molecule has 1 unspecified atom stereocenters. The van der Waals surface area contributed by atoms with E-state index in [2.05, 4.69) is 15.0 Å². The van der Waals surface area contributed by atoms with E-state index in [-0.39, 0.29) is 5.71 Å². The second-order valence-corrected chi connectivity index (χ2v) is 5.73. The number of aliphatic imine (C=N–C) groups is 1. The Bertz CT molecular complexity index is 949. The number of alkyl halides is 3. The van der Waals surface area contributed by atoms with Crippen molar-refractivity contribution in [2.45, 2.75) is 12.2 Å². The zero-order valence-corrected chi connectivity index (χ0v) is 14.3. The summed E-state index contributed by atoms with van der Waals surface area (Å²) in [4.78, 5) is 22.9. The largest absolute Gasteiger partial charge is 0.547 e. The molecule has 0 bridgehead atoms. The summed E-state index contributed by atoms with van der Waals surface area (Å²) in [5.41, 5.74) is 0.204. The first-order valence-electron chi connectivity index (χ1n) is 8.16. The first kappa shape index (κ1) is 19.2. The number of benzene rings is 2. The van der Waals surface area contributed by atoms with Crippen LogP contribution in [0.2, 0.25) is 0 Å². The predicted molar refractivity (Wildman–Crippen MR) is 93.3 cm³/mol. The minimum Gasteiger partial charge on any atom is -0.547 e. The van der Waals surface area contributed by atoms with E-state index >= 15 is 0 Å². The maximum atomic E-state index is 12.9. The summed E-state index contributed by atoms with van der Waals surface area (Å²) in [5, 5.41) is 11.7. The second-order valence-electron chi connectivity index (χ2n) is 5.73. The number of aromatic nitrogens is 2. The van der Waals surface area contributed by atoms with Crippen molar-refractivity contribution in [2.24, 2.45) is 4.99 Å². The van der Waals surface area contributed by atoms with Crippen molar-refractivity contribution in [3.05, 3.63) is 95.6 Å². The van der Waals surface area contributed by atoms with E-state index in [0.29, 0.717) is 17.2 Å². The summed E-state index contributed by atoms with van der Waals surface area (Å²) < 4.78 is 38.8. The first-order valence-corrected chi connectivity index (χ1v) is 8.16. The number of carbonyl (C=O) groups excluding carboxylic acids is 1. The van der Waals surface area contributed by atoms with Crippen LogP contribution in [0.15, 0.2) is 77.9 Å². The molecular formula is C20H13F3N3O2-. The number of halogens is 3. The van der Waals surface area contributed by atoms with Crippen molar-refractivity contribution >= 4 is 11.7 Å². The van der Waals surface area contributed by atoms with Crippen LogP contribution in [0.3, 0.4) is 0 Å². The SMILES string of the molecule is O=C([O-])C(N=C(c1ccccc1)c1ccccc1)c1nccc(C(F)(F)F)n1. The first-order chi connectivity index (χ1) is 13.4. The highest BCUT2D eigenvalue weighted by molar-refractivity contribution is 6.13. The topological polar surface area (TPSA) is 78.3 Å². The number of rotatable bonds is 5. The van der Waals surface area contributed by atoms with E-state index in [1.165, 1.54) is 0 Å². The van der Waals surface area contributed by atoms with E-state index in [0.717, 1.165) is 6.20 Å². The van der Waals surface area contributed by atoms with Gasteiger partial charge in [-0.2, -0.15) is 13.2 Å². The molecule has 0 saturated carbocycles. The summed E-state index contributed by atoms with van der Waals surface area (Å²) in [6.07, 6.45) is -3.89. The number of carboxylic acids is 1. The third kappa shape index (κ3) is 4.40. The van der Waals surface area contributed by atoms with E-state index < -0.39 is 29.7 Å². The molecule has 3 rings (SSSR count). The lowest BCUT2D eigenvalue weighted by atomic mass is 10.0. The van der Waals surface area contributed by atoms with Gasteiger partial charge >= 0.3 is 6.18 Å². The average molecular weight is 384 g/mol. The van der Waals surface area contributed by atoms with Gasteiger partial charge in [0.25, 0.3) is 0 Å². The van der Waals surface area contributed by atoms with Gasteiger partial charge in [-0.05, 0) is 6.07 Å². The van der Waals surface area contributed by atoms with Gasteiger partial charge in [-0.1, -0.05) is 60.7 Å². The summed E-state index contributed by atoms with van der Waals surface area (Å²) in [5.74, 6) is -2.30. The number of carboxylic acid groups (broad SMARTS) is 1. The maximum Gasteiger partial charge on any atom is 0.433 e. The van der Waals surface area contributed by atoms with Crippen molar-refractivity contribution < 1.29 is 23.1 Å². The fourth-order valence-corrected chi connectivity index (χ4v) is 2.52. The van der Waals surface area contributed by atoms with Gasteiger partial charge in [0.1, 0.15) is 11.7 Å². The molecule has 0 saturated heterocycles. The predicted octanol–water partition coefficient (Wildman–Crippen LogP) is 2.82. The maximum absolute atomic E-state index is 12.9. The lowest BCUT2D eigenvalue weighted by Crippen LogP contribution is -2.31. The summed E-state index contributed by atoms with van der Waals surface area (Å²) in [6.45, 7) is 0. The molecule has 0 radical (unpaired) electrons. The number of hydrogen-bond acceptors (Lipinski definition) is 5. The zero-order chi connectivity index (χ0) is 20.1. The molecule has 0 N–H and O–H groups in total. The Kier molecular flexibility index (Phi) is 5.49. The summed E-state index contributed by atoms with van der Waals surface area (Å²) in [7, 11) is 0. The molecule has 2 aromatic carbocycles. The molecule has 28 heavy (non-hydrogen) atoms. The van der Waals surface area contributed by atoms with Crippen LogP contribution >= 0.6 is 0 Å². The van der Waals surface area contributed by atoms with Gasteiger partial charge in [0, 0.05) is 17.3 Å². The second kappa shape index (κ2) is 7.99. The van der Waals surface area contributed by atoms with E-state index in [1.54, 1.807) is 60.7 Å². The van der Waals surface area contributed by atoms with Crippen LogP contribution in [0, 0.1) is 0 Å². The van der Waals surface area contributed by atoms with Crippen molar-refractivity contribution in [3.63, 3.8) is 0 Å². The van der Waals surface area contributed by atoms with Gasteiger partial charge in [0.15, 0.2) is 5.82 Å². The smallest absolute Gasteiger partial charge is 0.433 e. The molecule has 1 atom stereocenters. The van der Waals surface area contributed by atoms with Gasteiger partial charge in [-0.25, -0.2) is 9.97 Å². The minimum absolute atomic E-state index is 0.274. The van der Waals surface area contributed by atoms with Gasteiger partial charge in [0.2, 0.25) is 0 Å². The molecular weight excluding hydrogens is 371 g/mol. The molecule has 1 aromatic heterocycles. The van der Waals surface area contributed by atoms with Crippen LogP contribution < -0.4 is 5.11 Å². The number of nitrogens with zero attached hydrogens (tertiary/aromatic N) is 3. The number of carbonyl (C=O) groups is 1. The molecule has 5 nitrogen and oxygen atoms in total. The van der Waals surface area contributed by atoms with Crippen molar-refractivity contribution in [2.75, 3.05) is 0 Å². The van der Waals surface area contributed by atoms with Crippen LogP contribution in [0.25, 0.3) is 0 Å². The molecule has 1 heterocycles. The highest BCUT2D eigenvalue weighted by atomic mass is 19.4. The van der Waals surface area contributed by atoms with Crippen LogP contribution in [-0.4, -0.2) is 21.6 Å². The highest BCUT2D eigenvalue weighted by Crippen LogP contribution is 2.28. The third-order valence-electron chi connectivity index (χ3n) is 3.79. The van der Waals surface area contributed by atoms with E-state index in [1.807, 2.05) is 0 Å². The van der Waals surface area contributed by atoms with Crippen LogP contribution in [0.1, 0.15) is 28.7 Å². The average Bonchev–Trinajstić information content (AvgIpc) is 2.69. The van der Waals surface area contributed by atoms with E-state index in [9.17, 15) is 23.1 Å². The molecule has 8 heteroatoms. The Labute approximate surface area is 158 Å². The third-order valence-corrected chi connectivity index (χ3v) is 3.79. The van der Waals surface area contributed by atoms with Gasteiger partial charge in [-0.3, -0.25) is 4.99 Å². The fourth-order valence-electron chi connectivity index (χ4n) is 2.52. The van der Waals surface area contributed by atoms with Gasteiger partial charge in [-0.15, -0.1) is 0 Å². The Morgan fingerprint density at radius 3 is 1.93 bits per heavy atom. The van der Waals surface area contributed by atoms with Crippen LogP contribution in [0.4, 0.5) is 13.2 Å². The lowest BCUT2D eigenvalue weighted by Gasteiger charge is -2.17. The number of aliphatic carboxylic acids is 1. The number of hydrogen-bond donors (Lipinski definition) is 0. The molecule has 0 fully saturated rings. The fraction of sp³-hybridized carbons (Fsp3) is 0.100. The van der Waals surface area contributed by atoms with Crippen molar-refractivity contribution in [1.82, 2.24) is 9.97 Å². The lowest BCUT2D eigenvalue weighted by molar-refractivity contribution is -0.308. The van der Waals surface area contributed by atoms with Gasteiger partial charge < -0.3 is 9.90 Å². The van der Waals surface area contributed by atoms with Crippen molar-refractivity contribution in [3.8, 4) is 0 Å². The quantitative estimate of drug-likeness (QED) is 0.634. The normalized spacial score (nSPS) is 12.2. The Morgan fingerprint density at radius 2 is 1.46 bits per heavy atom. The molecule has 3 aromatic rings. The minimum atomic E-state index is -4.74. The highest BCUT2D eigenvalue weighted by Gasteiger charge is 2.33. The summed E-state index contributed by atoms with van der Waals surface area (Å²) >= 11 is 0. The molecule has 142 valence electrons.